The molecule has 80 valence electrons. The Morgan fingerprint density at radius 3 is 2.79 bits per heavy atom. The van der Waals surface area contributed by atoms with Gasteiger partial charge in [-0.05, 0) is 22.6 Å². The molecular formula is C6H10N2O3S3. The third-order valence-electron chi connectivity index (χ3n) is 2.01. The van der Waals surface area contributed by atoms with E-state index in [0.29, 0.717) is 23.9 Å². The molecule has 0 bridgehead atoms. The second kappa shape index (κ2) is 3.92. The molecule has 2 saturated heterocycles. The molecule has 0 radical (unpaired) electrons. The highest BCUT2D eigenvalue weighted by Gasteiger charge is 2.34. The molecule has 0 spiro atoms. The van der Waals surface area contributed by atoms with Gasteiger partial charge in [0.1, 0.15) is 22.2 Å². The molecule has 8 heteroatoms. The highest BCUT2D eigenvalue weighted by Crippen LogP contribution is 2.25. The Morgan fingerprint density at radius 1 is 1.57 bits per heavy atom. The van der Waals surface area contributed by atoms with Crippen molar-refractivity contribution in [3.05, 3.63) is 0 Å². The highest BCUT2D eigenvalue weighted by molar-refractivity contribution is 8.70. The summed E-state index contributed by atoms with van der Waals surface area (Å²) in [4.78, 5) is 0. The molecule has 2 fully saturated rings. The Labute approximate surface area is 90.5 Å². The van der Waals surface area contributed by atoms with Crippen LogP contribution in [0.25, 0.3) is 0 Å². The van der Waals surface area contributed by atoms with Crippen LogP contribution in [0.15, 0.2) is 0 Å². The van der Waals surface area contributed by atoms with Gasteiger partial charge in [0.25, 0.3) is 0 Å². The van der Waals surface area contributed by atoms with Gasteiger partial charge in [0.2, 0.25) is 0 Å². The summed E-state index contributed by atoms with van der Waals surface area (Å²) in [6, 6.07) is 0. The van der Waals surface area contributed by atoms with Gasteiger partial charge in [-0.15, -0.1) is 0 Å². The van der Waals surface area contributed by atoms with Crippen molar-refractivity contribution in [2.75, 3.05) is 25.4 Å². The molecule has 2 heterocycles. The van der Waals surface area contributed by atoms with Crippen molar-refractivity contribution in [3.8, 4) is 0 Å². The smallest absolute Gasteiger partial charge is 0.306 e. The number of nitrogens with zero attached hydrogens (tertiary/aromatic N) is 1. The summed E-state index contributed by atoms with van der Waals surface area (Å²) in [5.41, 5.74) is 0. The van der Waals surface area contributed by atoms with E-state index in [4.69, 9.17) is 0 Å². The molecule has 2 aliphatic heterocycles. The van der Waals surface area contributed by atoms with E-state index in [0.717, 1.165) is 17.5 Å². The first kappa shape index (κ1) is 10.6. The third-order valence-corrected chi connectivity index (χ3v) is 5.42. The van der Waals surface area contributed by atoms with Gasteiger partial charge < -0.3 is 4.55 Å². The maximum Gasteiger partial charge on any atom is 0.306 e. The molecule has 14 heavy (non-hydrogen) atoms. The summed E-state index contributed by atoms with van der Waals surface area (Å²) < 4.78 is 33.3. The minimum Gasteiger partial charge on any atom is -0.739 e. The van der Waals surface area contributed by atoms with Crippen LogP contribution in [0.2, 0.25) is 0 Å². The summed E-state index contributed by atoms with van der Waals surface area (Å²) in [6.07, 6.45) is 0. The van der Waals surface area contributed by atoms with E-state index in [9.17, 15) is 13.0 Å². The lowest BCUT2D eigenvalue weighted by Gasteiger charge is -2.27. The Bertz CT molecular complexity index is 349. The first-order valence-corrected chi connectivity index (χ1v) is 7.96. The number of rotatable bonds is 2. The molecule has 0 aliphatic carbocycles. The second-order valence-electron chi connectivity index (χ2n) is 3.11. The zero-order chi connectivity index (χ0) is 10.2. The molecular weight excluding hydrogens is 244 g/mol. The van der Waals surface area contributed by atoms with Gasteiger partial charge in [0.15, 0.2) is 0 Å². The van der Waals surface area contributed by atoms with Crippen LogP contribution in [0.4, 0.5) is 0 Å². The minimum atomic E-state index is -4.13. The molecule has 0 aromatic rings. The lowest BCUT2D eigenvalue weighted by atomic mass is 10.3. The molecule has 2 rings (SSSR count). The average molecular weight is 254 g/mol. The lowest BCUT2D eigenvalue weighted by molar-refractivity contribution is -0.578. The number of amidine groups is 1. The fourth-order valence-corrected chi connectivity index (χ4v) is 4.50. The predicted molar refractivity (Wildman–Crippen MR) is 56.5 cm³/mol. The van der Waals surface area contributed by atoms with E-state index in [2.05, 4.69) is 9.89 Å². The van der Waals surface area contributed by atoms with Crippen LogP contribution in [0.1, 0.15) is 0 Å². The topological polar surface area (TPSA) is 72.2 Å². The van der Waals surface area contributed by atoms with Crippen LogP contribution in [0.5, 0.6) is 0 Å². The maximum absolute atomic E-state index is 10.4. The molecule has 0 amide bonds. The van der Waals surface area contributed by atoms with E-state index >= 15 is 0 Å². The third kappa shape index (κ3) is 2.56. The fourth-order valence-electron chi connectivity index (χ4n) is 1.39. The summed E-state index contributed by atoms with van der Waals surface area (Å²) >= 11 is 1.74. The van der Waals surface area contributed by atoms with Crippen LogP contribution >= 0.6 is 22.6 Å². The van der Waals surface area contributed by atoms with E-state index in [1.807, 2.05) is 0 Å². The largest absolute Gasteiger partial charge is 0.739 e. The van der Waals surface area contributed by atoms with E-state index in [-0.39, 0.29) is 5.25 Å². The maximum atomic E-state index is 10.4. The molecule has 1 N–H and O–H groups in total. The summed E-state index contributed by atoms with van der Waals surface area (Å²) in [5, 5.41) is 4.26. The monoisotopic (exact) mass is 254 g/mol. The first-order valence-electron chi connectivity index (χ1n) is 4.17. The number of hydrogen-bond acceptors (Lipinski definition) is 5. The Kier molecular flexibility index (Phi) is 2.96. The van der Waals surface area contributed by atoms with Gasteiger partial charge in [0, 0.05) is 5.75 Å². The SMILES string of the molecule is O=S(=O)([O-])SC1C[N+](=C2NCCS2)C1. The normalized spacial score (nSPS) is 27.4. The van der Waals surface area contributed by atoms with Crippen molar-refractivity contribution in [1.82, 2.24) is 5.32 Å². The quantitative estimate of drug-likeness (QED) is 0.398. The van der Waals surface area contributed by atoms with Crippen molar-refractivity contribution < 1.29 is 17.5 Å². The zero-order valence-electron chi connectivity index (χ0n) is 7.30. The molecule has 2 aliphatic rings. The number of thioether (sulfide) groups is 1. The summed E-state index contributed by atoms with van der Waals surface area (Å²) in [5.74, 6) is 1.06. The fraction of sp³-hybridized carbons (Fsp3) is 0.833. The predicted octanol–water partition coefficient (Wildman–Crippen LogP) is -0.733. The van der Waals surface area contributed by atoms with Crippen molar-refractivity contribution in [1.29, 1.82) is 0 Å². The Hall–Kier alpha value is 0.0800. The standard InChI is InChI=1S/C6H10N2O3S3/c9-14(10,11)13-5-3-8(4-5)6-7-1-2-12-6/h5H,1-4H2,(H,9,10,11). The van der Waals surface area contributed by atoms with Gasteiger partial charge in [-0.1, -0.05) is 0 Å². The Balaban J connectivity index is 1.87. The van der Waals surface area contributed by atoms with Crippen molar-refractivity contribution in [2.24, 2.45) is 0 Å². The van der Waals surface area contributed by atoms with E-state index in [1.54, 1.807) is 11.8 Å². The lowest BCUT2D eigenvalue weighted by Crippen LogP contribution is -2.47. The summed E-state index contributed by atoms with van der Waals surface area (Å²) in [6.45, 7) is 2.27. The van der Waals surface area contributed by atoms with Crippen LogP contribution in [0, 0.1) is 0 Å². The van der Waals surface area contributed by atoms with Gasteiger partial charge in [0.05, 0.1) is 11.8 Å². The molecule has 0 aromatic heterocycles. The molecule has 0 aromatic carbocycles. The van der Waals surface area contributed by atoms with Crippen LogP contribution < -0.4 is 5.32 Å². The van der Waals surface area contributed by atoms with E-state index in [1.165, 1.54) is 0 Å². The van der Waals surface area contributed by atoms with Crippen molar-refractivity contribution in [2.45, 2.75) is 5.25 Å². The van der Waals surface area contributed by atoms with Crippen LogP contribution in [-0.4, -0.2) is 53.4 Å². The highest BCUT2D eigenvalue weighted by atomic mass is 33.1. The van der Waals surface area contributed by atoms with Crippen molar-refractivity contribution in [3.63, 3.8) is 0 Å². The van der Waals surface area contributed by atoms with Gasteiger partial charge in [-0.2, -0.15) is 0 Å². The van der Waals surface area contributed by atoms with Gasteiger partial charge in [-0.3, -0.25) is 9.89 Å². The van der Waals surface area contributed by atoms with Crippen molar-refractivity contribution >= 4 is 36.9 Å². The van der Waals surface area contributed by atoms with E-state index < -0.39 is 9.15 Å². The number of nitrogens with one attached hydrogen (secondary N) is 1. The van der Waals surface area contributed by atoms with Gasteiger partial charge in [-0.25, -0.2) is 8.42 Å². The first-order chi connectivity index (χ1) is 6.54. The van der Waals surface area contributed by atoms with Crippen LogP contribution in [-0.2, 0) is 9.15 Å². The summed E-state index contributed by atoms with van der Waals surface area (Å²) in [7, 11) is -3.60. The molecule has 0 atom stereocenters. The van der Waals surface area contributed by atoms with Gasteiger partial charge >= 0.3 is 5.17 Å². The molecule has 0 saturated carbocycles. The molecule has 0 unspecified atom stereocenters. The minimum absolute atomic E-state index is 0.0620. The Morgan fingerprint density at radius 2 is 2.29 bits per heavy atom. The zero-order valence-corrected chi connectivity index (χ0v) is 9.75. The molecule has 5 nitrogen and oxygen atoms in total. The van der Waals surface area contributed by atoms with Crippen LogP contribution in [0.3, 0.4) is 0 Å². The average Bonchev–Trinajstić information content (AvgIpc) is 2.45. The number of hydrogen-bond donors (Lipinski definition) is 1. The second-order valence-corrected chi connectivity index (χ2v) is 7.67.